The maximum Gasteiger partial charge on any atom is 0.219 e. The Morgan fingerprint density at radius 2 is 2.05 bits per heavy atom. The molecule has 116 valence electrons. The van der Waals surface area contributed by atoms with Crippen LogP contribution >= 0.6 is 0 Å². The smallest absolute Gasteiger partial charge is 0.219 e. The van der Waals surface area contributed by atoms with E-state index < -0.39 is 9.84 Å². The minimum absolute atomic E-state index is 0.222. The monoisotopic (exact) mass is 318 g/mol. The van der Waals surface area contributed by atoms with Gasteiger partial charge in [0.25, 0.3) is 0 Å². The normalized spacial score (nSPS) is 16.2. The Morgan fingerprint density at radius 3 is 2.73 bits per heavy atom. The zero-order chi connectivity index (χ0) is 15.6. The van der Waals surface area contributed by atoms with E-state index in [9.17, 15) is 8.42 Å². The summed E-state index contributed by atoms with van der Waals surface area (Å²) >= 11 is 0. The van der Waals surface area contributed by atoms with Crippen LogP contribution in [0.25, 0.3) is 0 Å². The quantitative estimate of drug-likeness (QED) is 0.845. The fourth-order valence-corrected chi connectivity index (χ4v) is 3.38. The van der Waals surface area contributed by atoms with Crippen molar-refractivity contribution >= 4 is 9.84 Å². The molecule has 1 fully saturated rings. The van der Waals surface area contributed by atoms with Crippen molar-refractivity contribution in [3.63, 3.8) is 0 Å². The number of pyridine rings is 1. The second kappa shape index (κ2) is 6.06. The summed E-state index contributed by atoms with van der Waals surface area (Å²) in [5, 5.41) is -0.222. The molecule has 1 aromatic heterocycles. The Hall–Kier alpha value is -1.92. The minimum Gasteiger partial charge on any atom is -0.439 e. The Morgan fingerprint density at radius 1 is 1.23 bits per heavy atom. The molecule has 5 nitrogen and oxygen atoms in total. The largest absolute Gasteiger partial charge is 0.439 e. The second-order valence-corrected chi connectivity index (χ2v) is 7.89. The Labute approximate surface area is 130 Å². The van der Waals surface area contributed by atoms with Crippen molar-refractivity contribution in [2.75, 3.05) is 19.3 Å². The molecule has 0 N–H and O–H groups in total. The van der Waals surface area contributed by atoms with E-state index in [1.165, 1.54) is 6.26 Å². The minimum atomic E-state index is -2.91. The molecule has 0 saturated carbocycles. The molecule has 2 aromatic rings. The van der Waals surface area contributed by atoms with Gasteiger partial charge in [-0.25, -0.2) is 13.4 Å². The molecule has 1 aromatic carbocycles. The number of ether oxygens (including phenoxy) is 1. The van der Waals surface area contributed by atoms with Gasteiger partial charge in [0.1, 0.15) is 5.75 Å². The summed E-state index contributed by atoms with van der Waals surface area (Å²) in [5.41, 5.74) is 1.10. The van der Waals surface area contributed by atoms with Crippen molar-refractivity contribution in [1.29, 1.82) is 0 Å². The van der Waals surface area contributed by atoms with Crippen LogP contribution in [-0.4, -0.2) is 42.9 Å². The number of nitrogens with zero attached hydrogens (tertiary/aromatic N) is 2. The van der Waals surface area contributed by atoms with Crippen molar-refractivity contribution in [1.82, 2.24) is 9.88 Å². The summed E-state index contributed by atoms with van der Waals surface area (Å²) in [6.45, 7) is 1.93. The summed E-state index contributed by atoms with van der Waals surface area (Å²) in [4.78, 5) is 6.25. The number of rotatable bonds is 5. The van der Waals surface area contributed by atoms with E-state index in [0.717, 1.165) is 17.9 Å². The predicted octanol–water partition coefficient (Wildman–Crippen LogP) is 2.10. The van der Waals surface area contributed by atoms with Crippen molar-refractivity contribution < 1.29 is 13.2 Å². The van der Waals surface area contributed by atoms with Crippen LogP contribution in [0.1, 0.15) is 5.56 Å². The molecule has 1 saturated heterocycles. The Balaban J connectivity index is 1.61. The third-order valence-electron chi connectivity index (χ3n) is 3.69. The summed E-state index contributed by atoms with van der Waals surface area (Å²) < 4.78 is 28.5. The fraction of sp³-hybridized carbons (Fsp3) is 0.312. The summed E-state index contributed by atoms with van der Waals surface area (Å²) in [6.07, 6.45) is 2.99. The zero-order valence-corrected chi connectivity index (χ0v) is 13.2. The van der Waals surface area contributed by atoms with Crippen LogP contribution in [-0.2, 0) is 16.4 Å². The molecular formula is C16H18N2O3S. The first-order chi connectivity index (χ1) is 10.5. The maximum atomic E-state index is 11.4. The molecular weight excluding hydrogens is 300 g/mol. The van der Waals surface area contributed by atoms with Gasteiger partial charge in [-0.2, -0.15) is 0 Å². The van der Waals surface area contributed by atoms with E-state index in [4.69, 9.17) is 4.74 Å². The SMILES string of the molecule is CS(=O)(=O)C1CN(Cc2cccc(Oc3ccccn3)c2)C1. The topological polar surface area (TPSA) is 59.5 Å². The van der Waals surface area contributed by atoms with Gasteiger partial charge in [-0.05, 0) is 23.8 Å². The number of likely N-dealkylation sites (tertiary alicyclic amines) is 1. The van der Waals surface area contributed by atoms with E-state index in [-0.39, 0.29) is 5.25 Å². The first-order valence-corrected chi connectivity index (χ1v) is 9.05. The van der Waals surface area contributed by atoms with Crippen LogP contribution in [0.5, 0.6) is 11.6 Å². The highest BCUT2D eigenvalue weighted by Gasteiger charge is 2.34. The molecule has 0 unspecified atom stereocenters. The average Bonchev–Trinajstić information content (AvgIpc) is 2.43. The Bertz CT molecular complexity index is 741. The lowest BCUT2D eigenvalue weighted by molar-refractivity contribution is 0.176. The van der Waals surface area contributed by atoms with Crippen molar-refractivity contribution in [3.05, 3.63) is 54.2 Å². The van der Waals surface area contributed by atoms with Gasteiger partial charge in [-0.3, -0.25) is 4.90 Å². The number of hydrogen-bond acceptors (Lipinski definition) is 5. The highest BCUT2D eigenvalue weighted by molar-refractivity contribution is 7.91. The van der Waals surface area contributed by atoms with E-state index in [0.29, 0.717) is 19.0 Å². The molecule has 0 amide bonds. The van der Waals surface area contributed by atoms with Crippen LogP contribution in [0.3, 0.4) is 0 Å². The molecule has 2 heterocycles. The third kappa shape index (κ3) is 3.64. The van der Waals surface area contributed by atoms with Crippen molar-refractivity contribution in [3.8, 4) is 11.6 Å². The second-order valence-electron chi connectivity index (χ2n) is 5.56. The van der Waals surface area contributed by atoms with Crippen LogP contribution in [0.15, 0.2) is 48.7 Å². The molecule has 22 heavy (non-hydrogen) atoms. The number of aromatic nitrogens is 1. The van der Waals surface area contributed by atoms with E-state index >= 15 is 0 Å². The number of sulfone groups is 1. The van der Waals surface area contributed by atoms with E-state index in [1.807, 2.05) is 36.4 Å². The molecule has 1 aliphatic heterocycles. The lowest BCUT2D eigenvalue weighted by Crippen LogP contribution is -2.53. The van der Waals surface area contributed by atoms with Crippen LogP contribution in [0, 0.1) is 0 Å². The third-order valence-corrected chi connectivity index (χ3v) is 5.20. The fourth-order valence-electron chi connectivity index (χ4n) is 2.42. The van der Waals surface area contributed by atoms with Gasteiger partial charge in [0.15, 0.2) is 9.84 Å². The lowest BCUT2D eigenvalue weighted by Gasteiger charge is -2.37. The first-order valence-electron chi connectivity index (χ1n) is 7.10. The van der Waals surface area contributed by atoms with E-state index in [1.54, 1.807) is 12.3 Å². The lowest BCUT2D eigenvalue weighted by atomic mass is 10.1. The predicted molar refractivity (Wildman–Crippen MR) is 84.7 cm³/mol. The van der Waals surface area contributed by atoms with Gasteiger partial charge in [0.05, 0.1) is 5.25 Å². The molecule has 0 atom stereocenters. The van der Waals surface area contributed by atoms with Crippen molar-refractivity contribution in [2.24, 2.45) is 0 Å². The van der Waals surface area contributed by atoms with Crippen LogP contribution in [0.2, 0.25) is 0 Å². The first kappa shape index (κ1) is 15.0. The van der Waals surface area contributed by atoms with Gasteiger partial charge in [0.2, 0.25) is 5.88 Å². The van der Waals surface area contributed by atoms with Gasteiger partial charge in [0, 0.05) is 38.2 Å². The number of hydrogen-bond donors (Lipinski definition) is 0. The standard InChI is InChI=1S/C16H18N2O3S/c1-22(19,20)15-11-18(12-15)10-13-5-4-6-14(9-13)21-16-7-2-3-8-17-16/h2-9,15H,10-12H2,1H3. The average molecular weight is 318 g/mol. The molecule has 3 rings (SSSR count). The van der Waals surface area contributed by atoms with Crippen LogP contribution < -0.4 is 4.74 Å². The maximum absolute atomic E-state index is 11.4. The summed E-state index contributed by atoms with van der Waals surface area (Å²) in [6, 6.07) is 13.3. The molecule has 0 bridgehead atoms. The molecule has 0 spiro atoms. The molecule has 0 radical (unpaired) electrons. The van der Waals surface area contributed by atoms with Gasteiger partial charge < -0.3 is 4.74 Å². The molecule has 6 heteroatoms. The zero-order valence-electron chi connectivity index (χ0n) is 12.3. The molecule has 1 aliphatic rings. The van der Waals surface area contributed by atoms with E-state index in [2.05, 4.69) is 9.88 Å². The molecule has 0 aliphatic carbocycles. The van der Waals surface area contributed by atoms with Crippen molar-refractivity contribution in [2.45, 2.75) is 11.8 Å². The Kier molecular flexibility index (Phi) is 4.13. The van der Waals surface area contributed by atoms with Crippen LogP contribution in [0.4, 0.5) is 0 Å². The van der Waals surface area contributed by atoms with Gasteiger partial charge in [-0.15, -0.1) is 0 Å². The highest BCUT2D eigenvalue weighted by atomic mass is 32.2. The summed E-state index contributed by atoms with van der Waals surface area (Å²) in [5.74, 6) is 1.29. The number of benzene rings is 1. The van der Waals surface area contributed by atoms with Gasteiger partial charge in [-0.1, -0.05) is 18.2 Å². The summed E-state index contributed by atoms with van der Waals surface area (Å²) in [7, 11) is -2.91. The highest BCUT2D eigenvalue weighted by Crippen LogP contribution is 2.23. The van der Waals surface area contributed by atoms with Gasteiger partial charge >= 0.3 is 0 Å².